The summed E-state index contributed by atoms with van der Waals surface area (Å²) in [5.74, 6) is 0. The van der Waals surface area contributed by atoms with Crippen molar-refractivity contribution in [2.45, 2.75) is 39.5 Å². The largest absolute Gasteiger partial charge is 0.392 e. The van der Waals surface area contributed by atoms with Gasteiger partial charge in [-0.2, -0.15) is 0 Å². The highest BCUT2D eigenvalue weighted by Gasteiger charge is 1.96. The molecule has 0 heterocycles. The molecule has 0 saturated heterocycles. The maximum absolute atomic E-state index is 9.22. The smallest absolute Gasteiger partial charge is 0.0641 e. The van der Waals surface area contributed by atoms with E-state index in [1.165, 1.54) is 5.57 Å². The summed E-state index contributed by atoms with van der Waals surface area (Å²) in [4.78, 5) is 0. The SMILES string of the molecule is CC(=CCCC(=CCCC(C)=CCO)CO)CO. The fraction of sp³-hybridized carbons (Fsp3) is 0.600. The number of hydrogen-bond acceptors (Lipinski definition) is 3. The molecule has 0 aromatic heterocycles. The van der Waals surface area contributed by atoms with Crippen LogP contribution in [0.1, 0.15) is 39.5 Å². The third-order valence-electron chi connectivity index (χ3n) is 2.82. The van der Waals surface area contributed by atoms with Gasteiger partial charge in [-0.15, -0.1) is 0 Å². The molecule has 3 N–H and O–H groups in total. The molecule has 0 fully saturated rings. The van der Waals surface area contributed by atoms with Gasteiger partial charge in [0.05, 0.1) is 19.8 Å². The Morgan fingerprint density at radius 3 is 2.00 bits per heavy atom. The van der Waals surface area contributed by atoms with Crippen LogP contribution in [-0.2, 0) is 0 Å². The molecule has 0 saturated carbocycles. The van der Waals surface area contributed by atoms with Crippen LogP contribution in [0, 0.1) is 0 Å². The fourth-order valence-electron chi connectivity index (χ4n) is 1.58. The van der Waals surface area contributed by atoms with Crippen LogP contribution in [0.5, 0.6) is 0 Å². The third kappa shape index (κ3) is 9.16. The van der Waals surface area contributed by atoms with Crippen molar-refractivity contribution in [2.75, 3.05) is 19.8 Å². The van der Waals surface area contributed by atoms with Crippen molar-refractivity contribution in [3.8, 4) is 0 Å². The van der Waals surface area contributed by atoms with Gasteiger partial charge >= 0.3 is 0 Å². The Hall–Kier alpha value is -0.900. The lowest BCUT2D eigenvalue weighted by Gasteiger charge is -2.03. The van der Waals surface area contributed by atoms with E-state index in [2.05, 4.69) is 6.08 Å². The molecule has 0 amide bonds. The predicted molar refractivity (Wildman–Crippen MR) is 75.3 cm³/mol. The molecule has 0 aliphatic rings. The number of allylic oxidation sites excluding steroid dienone is 3. The van der Waals surface area contributed by atoms with Crippen molar-refractivity contribution in [2.24, 2.45) is 0 Å². The maximum Gasteiger partial charge on any atom is 0.0641 e. The van der Waals surface area contributed by atoms with Crippen molar-refractivity contribution >= 4 is 0 Å². The molecular weight excluding hydrogens is 228 g/mol. The zero-order valence-corrected chi connectivity index (χ0v) is 11.5. The minimum Gasteiger partial charge on any atom is -0.392 e. The van der Waals surface area contributed by atoms with Gasteiger partial charge in [0.25, 0.3) is 0 Å². The standard InChI is InChI=1S/C15H26O3/c1-13(9-10-16)5-3-7-15(12-18)8-4-6-14(2)11-17/h6-7,9,16-18H,3-5,8,10-12H2,1-2H3. The second-order valence-corrected chi connectivity index (χ2v) is 4.54. The van der Waals surface area contributed by atoms with Gasteiger partial charge in [-0.25, -0.2) is 0 Å². The lowest BCUT2D eigenvalue weighted by Crippen LogP contribution is -1.92. The van der Waals surface area contributed by atoms with Crippen molar-refractivity contribution in [3.05, 3.63) is 34.9 Å². The topological polar surface area (TPSA) is 60.7 Å². The van der Waals surface area contributed by atoms with E-state index in [0.29, 0.717) is 0 Å². The summed E-state index contributed by atoms with van der Waals surface area (Å²) in [6.07, 6.45) is 9.36. The molecule has 0 aliphatic heterocycles. The molecule has 3 nitrogen and oxygen atoms in total. The Bertz CT molecular complexity index is 301. The maximum atomic E-state index is 9.22. The normalized spacial score (nSPS) is 14.2. The average Bonchev–Trinajstić information content (AvgIpc) is 2.36. The number of hydrogen-bond donors (Lipinski definition) is 3. The molecule has 0 spiro atoms. The summed E-state index contributed by atoms with van der Waals surface area (Å²) in [5, 5.41) is 26.8. The second-order valence-electron chi connectivity index (χ2n) is 4.54. The second kappa shape index (κ2) is 11.2. The molecule has 0 radical (unpaired) electrons. The summed E-state index contributed by atoms with van der Waals surface area (Å²) in [7, 11) is 0. The molecule has 0 rings (SSSR count). The summed E-state index contributed by atoms with van der Waals surface area (Å²) < 4.78 is 0. The number of aliphatic hydroxyl groups is 3. The highest BCUT2D eigenvalue weighted by molar-refractivity contribution is 5.08. The molecule has 0 aromatic carbocycles. The van der Waals surface area contributed by atoms with Crippen LogP contribution in [0.15, 0.2) is 34.9 Å². The van der Waals surface area contributed by atoms with Crippen molar-refractivity contribution in [3.63, 3.8) is 0 Å². The fourth-order valence-corrected chi connectivity index (χ4v) is 1.58. The highest BCUT2D eigenvalue weighted by Crippen LogP contribution is 2.11. The van der Waals surface area contributed by atoms with Gasteiger partial charge in [-0.3, -0.25) is 0 Å². The van der Waals surface area contributed by atoms with Gasteiger partial charge in [0, 0.05) is 0 Å². The van der Waals surface area contributed by atoms with Crippen LogP contribution in [0.25, 0.3) is 0 Å². The van der Waals surface area contributed by atoms with Crippen LogP contribution in [0.4, 0.5) is 0 Å². The molecule has 104 valence electrons. The minimum absolute atomic E-state index is 0.0909. The first-order chi connectivity index (χ1) is 8.63. The predicted octanol–water partition coefficient (Wildman–Crippen LogP) is 2.34. The average molecular weight is 254 g/mol. The quantitative estimate of drug-likeness (QED) is 0.553. The van der Waals surface area contributed by atoms with Crippen molar-refractivity contribution in [1.29, 1.82) is 0 Å². The first-order valence-corrected chi connectivity index (χ1v) is 6.45. The Labute approximate surface area is 110 Å². The number of rotatable bonds is 9. The molecule has 3 heteroatoms. The van der Waals surface area contributed by atoms with E-state index in [1.54, 1.807) is 6.08 Å². The lowest BCUT2D eigenvalue weighted by molar-refractivity contribution is 0.325. The molecule has 0 aromatic rings. The molecular formula is C15H26O3. The van der Waals surface area contributed by atoms with Crippen LogP contribution in [0.2, 0.25) is 0 Å². The zero-order chi connectivity index (χ0) is 13.8. The molecule has 0 atom stereocenters. The van der Waals surface area contributed by atoms with Gasteiger partial charge in [0.2, 0.25) is 0 Å². The summed E-state index contributed by atoms with van der Waals surface area (Å²) in [6, 6.07) is 0. The minimum atomic E-state index is 0.0909. The first-order valence-electron chi connectivity index (χ1n) is 6.45. The number of aliphatic hydroxyl groups excluding tert-OH is 3. The van der Waals surface area contributed by atoms with Gasteiger partial charge in [-0.1, -0.05) is 29.4 Å². The van der Waals surface area contributed by atoms with Crippen molar-refractivity contribution in [1.82, 2.24) is 0 Å². The van der Waals surface area contributed by atoms with Crippen molar-refractivity contribution < 1.29 is 15.3 Å². The Balaban J connectivity index is 4.05. The Kier molecular flexibility index (Phi) is 10.6. The van der Waals surface area contributed by atoms with E-state index in [-0.39, 0.29) is 19.8 Å². The Morgan fingerprint density at radius 2 is 1.44 bits per heavy atom. The molecule has 0 aliphatic carbocycles. The summed E-state index contributed by atoms with van der Waals surface area (Å²) in [6.45, 7) is 4.17. The molecule has 0 unspecified atom stereocenters. The van der Waals surface area contributed by atoms with Crippen LogP contribution in [-0.4, -0.2) is 35.1 Å². The van der Waals surface area contributed by atoms with Gasteiger partial charge in [0.1, 0.15) is 0 Å². The lowest BCUT2D eigenvalue weighted by atomic mass is 10.1. The van der Waals surface area contributed by atoms with Gasteiger partial charge < -0.3 is 15.3 Å². The Morgan fingerprint density at radius 1 is 0.778 bits per heavy atom. The van der Waals surface area contributed by atoms with E-state index < -0.39 is 0 Å². The zero-order valence-electron chi connectivity index (χ0n) is 11.5. The van der Waals surface area contributed by atoms with Gasteiger partial charge in [-0.05, 0) is 45.1 Å². The first kappa shape index (κ1) is 17.1. The third-order valence-corrected chi connectivity index (χ3v) is 2.82. The van der Waals surface area contributed by atoms with Crippen LogP contribution in [0.3, 0.4) is 0 Å². The van der Waals surface area contributed by atoms with E-state index in [9.17, 15) is 5.11 Å². The van der Waals surface area contributed by atoms with E-state index in [0.717, 1.165) is 36.8 Å². The van der Waals surface area contributed by atoms with Crippen LogP contribution < -0.4 is 0 Å². The molecule has 18 heavy (non-hydrogen) atoms. The molecule has 0 bridgehead atoms. The highest BCUT2D eigenvalue weighted by atomic mass is 16.3. The van der Waals surface area contributed by atoms with Gasteiger partial charge in [0.15, 0.2) is 0 Å². The summed E-state index contributed by atoms with van der Waals surface area (Å²) >= 11 is 0. The summed E-state index contributed by atoms with van der Waals surface area (Å²) in [5.41, 5.74) is 3.17. The van der Waals surface area contributed by atoms with Crippen LogP contribution >= 0.6 is 0 Å². The monoisotopic (exact) mass is 254 g/mol. The van der Waals surface area contributed by atoms with E-state index >= 15 is 0 Å². The van der Waals surface area contributed by atoms with E-state index in [4.69, 9.17) is 10.2 Å². The van der Waals surface area contributed by atoms with E-state index in [1.807, 2.05) is 19.9 Å².